The summed E-state index contributed by atoms with van der Waals surface area (Å²) in [5, 5.41) is 18.0. The molecule has 2 amide bonds. The molecule has 2 rings (SSSR count). The van der Waals surface area contributed by atoms with Gasteiger partial charge in [-0.15, -0.1) is 0 Å². The molecule has 0 saturated carbocycles. The number of carboxylic acid groups (broad SMARTS) is 1. The molecule has 9 heteroatoms. The van der Waals surface area contributed by atoms with Gasteiger partial charge in [0.2, 0.25) is 0 Å². The van der Waals surface area contributed by atoms with Crippen LogP contribution in [0.25, 0.3) is 0 Å². The minimum absolute atomic E-state index is 0.0856. The van der Waals surface area contributed by atoms with Gasteiger partial charge in [0, 0.05) is 7.05 Å². The summed E-state index contributed by atoms with van der Waals surface area (Å²) in [6.07, 6.45) is 1.28. The number of hydrogen-bond donors (Lipinski definition) is 3. The number of nitrogens with zero attached hydrogens (tertiary/aromatic N) is 4. The Labute approximate surface area is 120 Å². The van der Waals surface area contributed by atoms with Gasteiger partial charge >= 0.3 is 12.0 Å². The van der Waals surface area contributed by atoms with Crippen LogP contribution in [0.4, 0.5) is 10.5 Å². The van der Waals surface area contributed by atoms with Crippen LogP contribution in [0.15, 0.2) is 18.3 Å². The van der Waals surface area contributed by atoms with Crippen LogP contribution in [0.5, 0.6) is 0 Å². The quantitative estimate of drug-likeness (QED) is 0.767. The zero-order valence-electron chi connectivity index (χ0n) is 11.5. The number of aromatic nitrogens is 4. The lowest BCUT2D eigenvalue weighted by Gasteiger charge is -2.16. The summed E-state index contributed by atoms with van der Waals surface area (Å²) >= 11 is 0. The minimum atomic E-state index is -1.12. The standard InChI is InChI=1S/C12H14N6O3/c1-7-14-10(17-16-7)6-18(2)12(21)15-8-3-4-9(11(19)20)13-5-8/h3-5H,6H2,1-2H3,(H,15,21)(H,19,20)(H,14,16,17). The number of carbonyl (C=O) groups excluding carboxylic acids is 1. The summed E-state index contributed by atoms with van der Waals surface area (Å²) in [6.45, 7) is 2.02. The van der Waals surface area contributed by atoms with E-state index in [4.69, 9.17) is 5.11 Å². The van der Waals surface area contributed by atoms with Crippen LogP contribution < -0.4 is 5.32 Å². The SMILES string of the molecule is Cc1nc(CN(C)C(=O)Nc2ccc(C(=O)O)nc2)n[nH]1. The molecule has 0 unspecified atom stereocenters. The largest absolute Gasteiger partial charge is 0.477 e. The van der Waals surface area contributed by atoms with Gasteiger partial charge in [0.1, 0.15) is 11.5 Å². The maximum Gasteiger partial charge on any atom is 0.354 e. The van der Waals surface area contributed by atoms with Crippen molar-refractivity contribution in [2.45, 2.75) is 13.5 Å². The number of carbonyl (C=O) groups is 2. The molecule has 3 N–H and O–H groups in total. The number of hydrogen-bond acceptors (Lipinski definition) is 5. The highest BCUT2D eigenvalue weighted by atomic mass is 16.4. The monoisotopic (exact) mass is 290 g/mol. The van der Waals surface area contributed by atoms with Gasteiger partial charge in [0.15, 0.2) is 5.82 Å². The second-order valence-electron chi connectivity index (χ2n) is 4.36. The van der Waals surface area contributed by atoms with E-state index in [1.807, 2.05) is 0 Å². The molecule has 0 aliphatic heterocycles. The topological polar surface area (TPSA) is 124 Å². The average Bonchev–Trinajstić information content (AvgIpc) is 2.84. The van der Waals surface area contributed by atoms with E-state index in [9.17, 15) is 9.59 Å². The first-order valence-electron chi connectivity index (χ1n) is 6.05. The van der Waals surface area contributed by atoms with E-state index in [2.05, 4.69) is 25.5 Å². The smallest absolute Gasteiger partial charge is 0.354 e. The summed E-state index contributed by atoms with van der Waals surface area (Å²) < 4.78 is 0. The van der Waals surface area contributed by atoms with E-state index in [0.717, 1.165) is 0 Å². The molecule has 0 aromatic carbocycles. The summed E-state index contributed by atoms with van der Waals surface area (Å²) in [6, 6.07) is 2.41. The molecule has 0 radical (unpaired) electrons. The first kappa shape index (κ1) is 14.4. The zero-order valence-corrected chi connectivity index (χ0v) is 11.5. The van der Waals surface area contributed by atoms with Crippen LogP contribution in [0, 0.1) is 6.92 Å². The lowest BCUT2D eigenvalue weighted by molar-refractivity contribution is 0.0690. The van der Waals surface area contributed by atoms with E-state index in [-0.39, 0.29) is 18.3 Å². The van der Waals surface area contributed by atoms with Crippen LogP contribution in [0.1, 0.15) is 22.1 Å². The number of amides is 2. The lowest BCUT2D eigenvalue weighted by atomic mass is 10.3. The van der Waals surface area contributed by atoms with Crippen molar-refractivity contribution < 1.29 is 14.7 Å². The Morgan fingerprint density at radius 3 is 2.71 bits per heavy atom. The average molecular weight is 290 g/mol. The summed E-state index contributed by atoms with van der Waals surface area (Å²) in [7, 11) is 1.60. The van der Waals surface area contributed by atoms with Gasteiger partial charge in [-0.05, 0) is 19.1 Å². The fraction of sp³-hybridized carbons (Fsp3) is 0.250. The molecule has 0 atom stereocenters. The number of nitrogens with one attached hydrogen (secondary N) is 2. The van der Waals surface area contributed by atoms with Crippen molar-refractivity contribution in [3.63, 3.8) is 0 Å². The normalized spacial score (nSPS) is 10.2. The van der Waals surface area contributed by atoms with Gasteiger partial charge in [-0.2, -0.15) is 5.10 Å². The summed E-state index contributed by atoms with van der Waals surface area (Å²) in [4.78, 5) is 31.8. The van der Waals surface area contributed by atoms with Gasteiger partial charge < -0.3 is 15.3 Å². The molecular formula is C12H14N6O3. The molecule has 0 aliphatic carbocycles. The Bertz CT molecular complexity index is 651. The van der Waals surface area contributed by atoms with E-state index >= 15 is 0 Å². The van der Waals surface area contributed by atoms with Crippen molar-refractivity contribution in [2.24, 2.45) is 0 Å². The minimum Gasteiger partial charge on any atom is -0.477 e. The number of aromatic carboxylic acids is 1. The Morgan fingerprint density at radius 2 is 2.19 bits per heavy atom. The first-order chi connectivity index (χ1) is 9.95. The molecule has 0 saturated heterocycles. The Morgan fingerprint density at radius 1 is 1.43 bits per heavy atom. The third-order valence-corrected chi connectivity index (χ3v) is 2.60. The lowest BCUT2D eigenvalue weighted by Crippen LogP contribution is -2.31. The van der Waals surface area contributed by atoms with Gasteiger partial charge in [-0.1, -0.05) is 0 Å². The predicted molar refractivity (Wildman–Crippen MR) is 72.8 cm³/mol. The van der Waals surface area contributed by atoms with Crippen molar-refractivity contribution in [3.8, 4) is 0 Å². The maximum atomic E-state index is 11.9. The van der Waals surface area contributed by atoms with E-state index in [1.54, 1.807) is 14.0 Å². The third-order valence-electron chi connectivity index (χ3n) is 2.60. The molecule has 0 bridgehead atoms. The van der Waals surface area contributed by atoms with Gasteiger partial charge in [-0.3, -0.25) is 5.10 Å². The number of urea groups is 1. The molecule has 2 heterocycles. The fourth-order valence-corrected chi connectivity index (χ4v) is 1.56. The number of aryl methyl sites for hydroxylation is 1. The fourth-order valence-electron chi connectivity index (χ4n) is 1.56. The molecular weight excluding hydrogens is 276 g/mol. The second-order valence-corrected chi connectivity index (χ2v) is 4.36. The molecule has 2 aromatic heterocycles. The Hall–Kier alpha value is -2.97. The first-order valence-corrected chi connectivity index (χ1v) is 6.05. The van der Waals surface area contributed by atoms with Crippen molar-refractivity contribution in [3.05, 3.63) is 35.7 Å². The van der Waals surface area contributed by atoms with Crippen molar-refractivity contribution in [1.82, 2.24) is 25.1 Å². The maximum absolute atomic E-state index is 11.9. The van der Waals surface area contributed by atoms with Gasteiger partial charge in [0.25, 0.3) is 0 Å². The van der Waals surface area contributed by atoms with E-state index in [1.165, 1.54) is 23.2 Å². The highest BCUT2D eigenvalue weighted by Gasteiger charge is 2.12. The van der Waals surface area contributed by atoms with Crippen LogP contribution in [-0.2, 0) is 6.54 Å². The van der Waals surface area contributed by atoms with Crippen molar-refractivity contribution in [2.75, 3.05) is 12.4 Å². The van der Waals surface area contributed by atoms with Gasteiger partial charge in [0.05, 0.1) is 18.4 Å². The molecule has 0 aliphatic rings. The second kappa shape index (κ2) is 5.99. The molecule has 0 spiro atoms. The highest BCUT2D eigenvalue weighted by molar-refractivity contribution is 5.90. The van der Waals surface area contributed by atoms with Crippen LogP contribution in [0.3, 0.4) is 0 Å². The van der Waals surface area contributed by atoms with Crippen molar-refractivity contribution in [1.29, 1.82) is 0 Å². The number of carboxylic acids is 1. The zero-order chi connectivity index (χ0) is 15.4. The summed E-state index contributed by atoms with van der Waals surface area (Å²) in [5.74, 6) is 0.0572. The highest BCUT2D eigenvalue weighted by Crippen LogP contribution is 2.08. The number of rotatable bonds is 4. The van der Waals surface area contributed by atoms with E-state index in [0.29, 0.717) is 17.3 Å². The van der Waals surface area contributed by atoms with E-state index < -0.39 is 5.97 Å². The van der Waals surface area contributed by atoms with Crippen LogP contribution in [-0.4, -0.2) is 49.2 Å². The molecule has 110 valence electrons. The number of H-pyrrole nitrogens is 1. The van der Waals surface area contributed by atoms with Crippen LogP contribution >= 0.6 is 0 Å². The molecule has 0 fully saturated rings. The number of pyridine rings is 1. The number of anilines is 1. The van der Waals surface area contributed by atoms with Crippen LogP contribution in [0.2, 0.25) is 0 Å². The number of aromatic amines is 1. The Balaban J connectivity index is 1.95. The predicted octanol–water partition coefficient (Wildman–Crippen LogP) is 0.870. The summed E-state index contributed by atoms with van der Waals surface area (Å²) in [5.41, 5.74) is 0.320. The third kappa shape index (κ3) is 3.75. The molecule has 2 aromatic rings. The van der Waals surface area contributed by atoms with Gasteiger partial charge in [-0.25, -0.2) is 19.6 Å². The molecule has 9 nitrogen and oxygen atoms in total. The van der Waals surface area contributed by atoms with Crippen molar-refractivity contribution >= 4 is 17.7 Å². The Kier molecular flexibility index (Phi) is 4.12. The molecule has 21 heavy (non-hydrogen) atoms.